The lowest BCUT2D eigenvalue weighted by Gasteiger charge is -2.07. The highest BCUT2D eigenvalue weighted by Gasteiger charge is 2.17. The maximum Gasteiger partial charge on any atom is 0.274 e. The van der Waals surface area contributed by atoms with Gasteiger partial charge in [-0.25, -0.2) is 0 Å². The van der Waals surface area contributed by atoms with E-state index in [1.165, 1.54) is 12.1 Å². The monoisotopic (exact) mass is 426 g/mol. The van der Waals surface area contributed by atoms with Gasteiger partial charge in [-0.05, 0) is 30.7 Å². The molecule has 158 valence electrons. The van der Waals surface area contributed by atoms with Crippen LogP contribution >= 0.6 is 0 Å². The van der Waals surface area contributed by atoms with Gasteiger partial charge in [0.25, 0.3) is 17.5 Å². The van der Waals surface area contributed by atoms with Crippen LogP contribution in [-0.2, 0) is 0 Å². The van der Waals surface area contributed by atoms with E-state index < -0.39 is 4.92 Å². The minimum atomic E-state index is -0.484. The van der Waals surface area contributed by atoms with E-state index in [-0.39, 0.29) is 23.2 Å². The second kappa shape index (κ2) is 9.05. The van der Waals surface area contributed by atoms with Crippen molar-refractivity contribution in [3.8, 4) is 11.4 Å². The van der Waals surface area contributed by atoms with Gasteiger partial charge in [-0.1, -0.05) is 65.3 Å². The van der Waals surface area contributed by atoms with E-state index >= 15 is 0 Å². The van der Waals surface area contributed by atoms with Gasteiger partial charge in [0.15, 0.2) is 0 Å². The Morgan fingerprint density at radius 3 is 2.50 bits per heavy atom. The van der Waals surface area contributed by atoms with Gasteiger partial charge in [0.1, 0.15) is 5.70 Å². The molecule has 32 heavy (non-hydrogen) atoms. The van der Waals surface area contributed by atoms with E-state index in [0.717, 1.165) is 11.1 Å². The fourth-order valence-electron chi connectivity index (χ4n) is 2.98. The molecule has 0 radical (unpaired) electrons. The van der Waals surface area contributed by atoms with E-state index in [1.54, 1.807) is 42.5 Å². The Morgan fingerprint density at radius 1 is 1.03 bits per heavy atom. The number of nitrogens with zero attached hydrogens (tertiary/aromatic N) is 3. The van der Waals surface area contributed by atoms with Gasteiger partial charge in [0.2, 0.25) is 5.82 Å². The van der Waals surface area contributed by atoms with Crippen LogP contribution in [0.2, 0.25) is 0 Å². The molecule has 0 aliphatic carbocycles. The van der Waals surface area contributed by atoms with Crippen molar-refractivity contribution in [1.82, 2.24) is 15.5 Å². The van der Waals surface area contributed by atoms with Crippen LogP contribution < -0.4 is 5.32 Å². The molecule has 0 spiro atoms. The summed E-state index contributed by atoms with van der Waals surface area (Å²) in [6.45, 7) is 1.98. The SMILES string of the molecule is Cc1ccc(-c2noc(/C(=C/c3cccc([N+](=O)[O-])c3)NC(=O)c3ccccc3)n2)cc1. The zero-order valence-corrected chi connectivity index (χ0v) is 17.1. The normalized spacial score (nSPS) is 11.2. The third-order valence-electron chi connectivity index (χ3n) is 4.64. The summed E-state index contributed by atoms with van der Waals surface area (Å²) < 4.78 is 5.42. The molecule has 0 aliphatic heterocycles. The predicted octanol–water partition coefficient (Wildman–Crippen LogP) is 4.88. The average Bonchev–Trinajstić information content (AvgIpc) is 3.30. The number of hydrogen-bond acceptors (Lipinski definition) is 6. The van der Waals surface area contributed by atoms with E-state index in [0.29, 0.717) is 17.0 Å². The first-order valence-corrected chi connectivity index (χ1v) is 9.73. The number of carbonyl (C=O) groups excluding carboxylic acids is 1. The number of nitro groups is 1. The third-order valence-corrected chi connectivity index (χ3v) is 4.64. The number of aryl methyl sites for hydroxylation is 1. The molecular weight excluding hydrogens is 408 g/mol. The minimum absolute atomic E-state index is 0.0710. The fraction of sp³-hybridized carbons (Fsp3) is 0.0417. The third kappa shape index (κ3) is 4.76. The lowest BCUT2D eigenvalue weighted by molar-refractivity contribution is -0.384. The topological polar surface area (TPSA) is 111 Å². The van der Waals surface area contributed by atoms with E-state index in [4.69, 9.17) is 4.52 Å². The minimum Gasteiger partial charge on any atom is -0.332 e. The van der Waals surface area contributed by atoms with Crippen molar-refractivity contribution in [1.29, 1.82) is 0 Å². The molecule has 1 aromatic heterocycles. The Hall–Kier alpha value is -4.59. The molecule has 3 aromatic carbocycles. The Balaban J connectivity index is 1.72. The highest BCUT2D eigenvalue weighted by Crippen LogP contribution is 2.22. The van der Waals surface area contributed by atoms with Crippen molar-refractivity contribution in [3.05, 3.63) is 112 Å². The lowest BCUT2D eigenvalue weighted by Crippen LogP contribution is -2.22. The number of amides is 1. The van der Waals surface area contributed by atoms with Crippen molar-refractivity contribution in [2.45, 2.75) is 6.92 Å². The van der Waals surface area contributed by atoms with Crippen molar-refractivity contribution in [2.24, 2.45) is 0 Å². The van der Waals surface area contributed by atoms with Crippen LogP contribution in [0.25, 0.3) is 23.2 Å². The summed E-state index contributed by atoms with van der Waals surface area (Å²) in [5, 5.41) is 17.9. The summed E-state index contributed by atoms with van der Waals surface area (Å²) in [5.41, 5.74) is 2.95. The van der Waals surface area contributed by atoms with Crippen LogP contribution in [0.1, 0.15) is 27.4 Å². The van der Waals surface area contributed by atoms with Crippen molar-refractivity contribution in [3.63, 3.8) is 0 Å². The quantitative estimate of drug-likeness (QED) is 0.347. The van der Waals surface area contributed by atoms with Crippen LogP contribution in [0.4, 0.5) is 5.69 Å². The van der Waals surface area contributed by atoms with Crippen LogP contribution in [0.3, 0.4) is 0 Å². The summed E-state index contributed by atoms with van der Waals surface area (Å²) in [5.74, 6) is 0.0626. The smallest absolute Gasteiger partial charge is 0.274 e. The maximum atomic E-state index is 12.8. The Bertz CT molecular complexity index is 1300. The highest BCUT2D eigenvalue weighted by atomic mass is 16.6. The fourth-order valence-corrected chi connectivity index (χ4v) is 2.98. The van der Waals surface area contributed by atoms with Gasteiger partial charge in [0.05, 0.1) is 4.92 Å². The van der Waals surface area contributed by atoms with Crippen molar-refractivity contribution < 1.29 is 14.2 Å². The second-order valence-electron chi connectivity index (χ2n) is 7.02. The summed E-state index contributed by atoms with van der Waals surface area (Å²) in [6, 6.07) is 22.3. The number of benzene rings is 3. The number of aromatic nitrogens is 2. The number of rotatable bonds is 6. The molecule has 8 nitrogen and oxygen atoms in total. The number of hydrogen-bond donors (Lipinski definition) is 1. The highest BCUT2D eigenvalue weighted by molar-refractivity contribution is 6.01. The molecule has 1 amide bonds. The summed E-state index contributed by atoms with van der Waals surface area (Å²) in [4.78, 5) is 27.8. The first kappa shape index (κ1) is 20.7. The number of nitrogens with one attached hydrogen (secondary N) is 1. The van der Waals surface area contributed by atoms with Gasteiger partial charge in [-0.3, -0.25) is 14.9 Å². The standard InChI is InChI=1S/C24H18N4O4/c1-16-10-12-18(13-11-16)22-26-24(32-27-22)21(25-23(29)19-7-3-2-4-8-19)15-17-6-5-9-20(14-17)28(30)31/h2-15H,1H3,(H,25,29)/b21-15-. The Kier molecular flexibility index (Phi) is 5.85. The van der Waals surface area contributed by atoms with Gasteiger partial charge >= 0.3 is 0 Å². The molecule has 0 atom stereocenters. The molecule has 4 rings (SSSR count). The zero-order valence-electron chi connectivity index (χ0n) is 17.1. The van der Waals surface area contributed by atoms with Crippen LogP contribution in [0.5, 0.6) is 0 Å². The molecule has 0 aliphatic rings. The average molecular weight is 426 g/mol. The van der Waals surface area contributed by atoms with Crippen molar-refractivity contribution in [2.75, 3.05) is 0 Å². The molecule has 0 saturated heterocycles. The van der Waals surface area contributed by atoms with Crippen molar-refractivity contribution >= 4 is 23.4 Å². The molecule has 0 bridgehead atoms. The van der Waals surface area contributed by atoms with E-state index in [2.05, 4.69) is 15.5 Å². The van der Waals surface area contributed by atoms with Gasteiger partial charge in [-0.2, -0.15) is 4.98 Å². The first-order chi connectivity index (χ1) is 15.5. The lowest BCUT2D eigenvalue weighted by atomic mass is 10.1. The molecule has 0 saturated carbocycles. The number of nitro benzene ring substituents is 1. The number of carbonyl (C=O) groups is 1. The van der Waals surface area contributed by atoms with Gasteiger partial charge in [0, 0.05) is 23.3 Å². The molecule has 1 heterocycles. The summed E-state index contributed by atoms with van der Waals surface area (Å²) in [7, 11) is 0. The van der Waals surface area contributed by atoms with Crippen LogP contribution in [0, 0.1) is 17.0 Å². The molecule has 0 fully saturated rings. The Labute approximate surface area is 183 Å². The molecule has 8 heteroatoms. The maximum absolute atomic E-state index is 12.8. The largest absolute Gasteiger partial charge is 0.332 e. The summed E-state index contributed by atoms with van der Waals surface area (Å²) >= 11 is 0. The Morgan fingerprint density at radius 2 is 1.78 bits per heavy atom. The van der Waals surface area contributed by atoms with Crippen LogP contribution in [0.15, 0.2) is 83.4 Å². The van der Waals surface area contributed by atoms with E-state index in [9.17, 15) is 14.9 Å². The first-order valence-electron chi connectivity index (χ1n) is 9.73. The molecule has 0 unspecified atom stereocenters. The number of non-ortho nitro benzene ring substituents is 1. The van der Waals surface area contributed by atoms with Crippen LogP contribution in [-0.4, -0.2) is 21.0 Å². The van der Waals surface area contributed by atoms with Gasteiger partial charge < -0.3 is 9.84 Å². The summed E-state index contributed by atoms with van der Waals surface area (Å²) in [6.07, 6.45) is 1.56. The molecule has 1 N–H and O–H groups in total. The van der Waals surface area contributed by atoms with E-state index in [1.807, 2.05) is 37.3 Å². The zero-order chi connectivity index (χ0) is 22.5. The predicted molar refractivity (Wildman–Crippen MR) is 119 cm³/mol. The molecular formula is C24H18N4O4. The van der Waals surface area contributed by atoms with Gasteiger partial charge in [-0.15, -0.1) is 0 Å². The molecule has 4 aromatic rings. The second-order valence-corrected chi connectivity index (χ2v) is 7.02.